The SMILES string of the molecule is CCCCOC(=O)c1cn(-c2cccc3ncccc23)nc1C. The van der Waals surface area contributed by atoms with E-state index in [1.807, 2.05) is 37.3 Å². The van der Waals surface area contributed by atoms with Gasteiger partial charge in [-0.3, -0.25) is 4.98 Å². The van der Waals surface area contributed by atoms with Gasteiger partial charge in [-0.15, -0.1) is 0 Å². The van der Waals surface area contributed by atoms with Gasteiger partial charge in [0.15, 0.2) is 0 Å². The highest BCUT2D eigenvalue weighted by atomic mass is 16.5. The molecule has 3 aromatic rings. The zero-order valence-electron chi connectivity index (χ0n) is 13.3. The molecule has 0 spiro atoms. The van der Waals surface area contributed by atoms with Crippen molar-refractivity contribution in [2.75, 3.05) is 6.61 Å². The van der Waals surface area contributed by atoms with Crippen molar-refractivity contribution in [2.24, 2.45) is 0 Å². The molecule has 23 heavy (non-hydrogen) atoms. The second-order valence-electron chi connectivity index (χ2n) is 5.41. The van der Waals surface area contributed by atoms with Gasteiger partial charge < -0.3 is 4.74 Å². The first-order valence-electron chi connectivity index (χ1n) is 7.78. The fourth-order valence-corrected chi connectivity index (χ4v) is 2.46. The highest BCUT2D eigenvalue weighted by molar-refractivity contribution is 5.91. The molecule has 3 rings (SSSR count). The molecule has 0 aliphatic heterocycles. The summed E-state index contributed by atoms with van der Waals surface area (Å²) in [4.78, 5) is 16.5. The monoisotopic (exact) mass is 309 g/mol. The molecule has 118 valence electrons. The average molecular weight is 309 g/mol. The molecule has 0 aliphatic carbocycles. The molecule has 5 nitrogen and oxygen atoms in total. The van der Waals surface area contributed by atoms with Crippen molar-refractivity contribution >= 4 is 16.9 Å². The van der Waals surface area contributed by atoms with Gasteiger partial charge in [0.25, 0.3) is 0 Å². The minimum atomic E-state index is -0.319. The molecule has 2 heterocycles. The molecule has 0 saturated carbocycles. The minimum Gasteiger partial charge on any atom is -0.462 e. The third-order valence-corrected chi connectivity index (χ3v) is 3.72. The maximum absolute atomic E-state index is 12.2. The number of aromatic nitrogens is 3. The Morgan fingerprint density at radius 3 is 2.96 bits per heavy atom. The van der Waals surface area contributed by atoms with E-state index in [0.29, 0.717) is 17.9 Å². The van der Waals surface area contributed by atoms with Crippen LogP contribution in [0.1, 0.15) is 35.8 Å². The van der Waals surface area contributed by atoms with Crippen molar-refractivity contribution in [2.45, 2.75) is 26.7 Å². The molecule has 0 bridgehead atoms. The van der Waals surface area contributed by atoms with Gasteiger partial charge in [-0.05, 0) is 37.6 Å². The summed E-state index contributed by atoms with van der Waals surface area (Å²) in [6.07, 6.45) is 5.35. The lowest BCUT2D eigenvalue weighted by Crippen LogP contribution is -2.06. The lowest BCUT2D eigenvalue weighted by Gasteiger charge is -2.05. The number of carbonyl (C=O) groups excluding carboxylic acids is 1. The molecule has 0 saturated heterocycles. The smallest absolute Gasteiger partial charge is 0.341 e. The first kappa shape index (κ1) is 15.2. The molecule has 0 amide bonds. The first-order valence-corrected chi connectivity index (χ1v) is 7.78. The second kappa shape index (κ2) is 6.60. The maximum Gasteiger partial charge on any atom is 0.341 e. The van der Waals surface area contributed by atoms with Crippen LogP contribution in [-0.2, 0) is 4.74 Å². The number of pyridine rings is 1. The average Bonchev–Trinajstić information content (AvgIpc) is 2.96. The molecule has 0 N–H and O–H groups in total. The summed E-state index contributed by atoms with van der Waals surface area (Å²) in [5, 5.41) is 5.46. The Morgan fingerprint density at radius 1 is 1.26 bits per heavy atom. The van der Waals surface area contributed by atoms with E-state index in [1.54, 1.807) is 17.1 Å². The van der Waals surface area contributed by atoms with E-state index in [1.165, 1.54) is 0 Å². The predicted molar refractivity (Wildman–Crippen MR) is 88.8 cm³/mol. The summed E-state index contributed by atoms with van der Waals surface area (Å²) >= 11 is 0. The molecular formula is C18H19N3O2. The molecule has 0 fully saturated rings. The van der Waals surface area contributed by atoms with E-state index in [2.05, 4.69) is 17.0 Å². The van der Waals surface area contributed by atoms with Gasteiger partial charge in [-0.25, -0.2) is 9.48 Å². The normalized spacial score (nSPS) is 10.9. The van der Waals surface area contributed by atoms with Crippen molar-refractivity contribution in [3.63, 3.8) is 0 Å². The Morgan fingerprint density at radius 2 is 2.13 bits per heavy atom. The van der Waals surface area contributed by atoms with E-state index in [0.717, 1.165) is 29.4 Å². The molecular weight excluding hydrogens is 290 g/mol. The number of carbonyl (C=O) groups is 1. The first-order chi connectivity index (χ1) is 11.2. The Balaban J connectivity index is 1.95. The number of unbranched alkanes of at least 4 members (excludes halogenated alkanes) is 1. The molecule has 5 heteroatoms. The lowest BCUT2D eigenvalue weighted by atomic mass is 10.2. The number of ether oxygens (including phenoxy) is 1. The van der Waals surface area contributed by atoms with Crippen molar-refractivity contribution in [1.82, 2.24) is 14.8 Å². The van der Waals surface area contributed by atoms with Crippen LogP contribution in [-0.4, -0.2) is 27.3 Å². The third kappa shape index (κ3) is 3.08. The largest absolute Gasteiger partial charge is 0.462 e. The highest BCUT2D eigenvalue weighted by Crippen LogP contribution is 2.21. The summed E-state index contributed by atoms with van der Waals surface area (Å²) in [7, 11) is 0. The Labute approximate surface area is 134 Å². The number of rotatable bonds is 5. The second-order valence-corrected chi connectivity index (χ2v) is 5.41. The molecule has 2 aromatic heterocycles. The maximum atomic E-state index is 12.2. The Hall–Kier alpha value is -2.69. The number of esters is 1. The van der Waals surface area contributed by atoms with Crippen molar-refractivity contribution in [3.05, 3.63) is 54.0 Å². The quantitative estimate of drug-likeness (QED) is 0.533. The Kier molecular flexibility index (Phi) is 4.37. The fraction of sp³-hybridized carbons (Fsp3) is 0.278. The van der Waals surface area contributed by atoms with E-state index < -0.39 is 0 Å². The van der Waals surface area contributed by atoms with Gasteiger partial charge in [-0.2, -0.15) is 5.10 Å². The number of hydrogen-bond acceptors (Lipinski definition) is 4. The van der Waals surface area contributed by atoms with Gasteiger partial charge in [-0.1, -0.05) is 19.4 Å². The topological polar surface area (TPSA) is 57.0 Å². The van der Waals surface area contributed by atoms with Crippen LogP contribution >= 0.6 is 0 Å². The van der Waals surface area contributed by atoms with E-state index >= 15 is 0 Å². The number of nitrogens with zero attached hydrogens (tertiary/aromatic N) is 3. The summed E-state index contributed by atoms with van der Waals surface area (Å²) in [5.41, 5.74) is 2.95. The van der Waals surface area contributed by atoms with Crippen LogP contribution in [0.5, 0.6) is 0 Å². The van der Waals surface area contributed by atoms with Gasteiger partial charge >= 0.3 is 5.97 Å². The zero-order valence-corrected chi connectivity index (χ0v) is 13.3. The number of fused-ring (bicyclic) bond motifs is 1. The van der Waals surface area contributed by atoms with Crippen LogP contribution in [0.3, 0.4) is 0 Å². The van der Waals surface area contributed by atoms with Gasteiger partial charge in [0.1, 0.15) is 5.56 Å². The summed E-state index contributed by atoms with van der Waals surface area (Å²) in [6.45, 7) is 4.32. The van der Waals surface area contributed by atoms with Crippen LogP contribution in [0.25, 0.3) is 16.6 Å². The van der Waals surface area contributed by atoms with E-state index in [-0.39, 0.29) is 5.97 Å². The fourth-order valence-electron chi connectivity index (χ4n) is 2.46. The molecule has 0 unspecified atom stereocenters. The number of benzene rings is 1. The molecule has 0 aliphatic rings. The van der Waals surface area contributed by atoms with Crippen molar-refractivity contribution in [3.8, 4) is 5.69 Å². The van der Waals surface area contributed by atoms with Crippen LogP contribution < -0.4 is 0 Å². The summed E-state index contributed by atoms with van der Waals surface area (Å²) < 4.78 is 7.00. The van der Waals surface area contributed by atoms with Crippen LogP contribution in [0.2, 0.25) is 0 Å². The van der Waals surface area contributed by atoms with Crippen LogP contribution in [0, 0.1) is 6.92 Å². The third-order valence-electron chi connectivity index (χ3n) is 3.72. The van der Waals surface area contributed by atoms with Crippen molar-refractivity contribution < 1.29 is 9.53 Å². The van der Waals surface area contributed by atoms with Crippen LogP contribution in [0.4, 0.5) is 0 Å². The summed E-state index contributed by atoms with van der Waals surface area (Å²) in [6, 6.07) is 9.73. The molecule has 1 aromatic carbocycles. The number of hydrogen-bond donors (Lipinski definition) is 0. The predicted octanol–water partition coefficient (Wildman–Crippen LogP) is 3.69. The van der Waals surface area contributed by atoms with E-state index in [9.17, 15) is 4.79 Å². The van der Waals surface area contributed by atoms with Crippen molar-refractivity contribution in [1.29, 1.82) is 0 Å². The number of aryl methyl sites for hydroxylation is 1. The molecule has 0 atom stereocenters. The van der Waals surface area contributed by atoms with Gasteiger partial charge in [0, 0.05) is 17.8 Å². The Bertz CT molecular complexity index is 834. The van der Waals surface area contributed by atoms with E-state index in [4.69, 9.17) is 4.74 Å². The molecule has 0 radical (unpaired) electrons. The zero-order chi connectivity index (χ0) is 16.2. The van der Waals surface area contributed by atoms with Gasteiger partial charge in [0.2, 0.25) is 0 Å². The minimum absolute atomic E-state index is 0.319. The van der Waals surface area contributed by atoms with Crippen LogP contribution in [0.15, 0.2) is 42.7 Å². The van der Waals surface area contributed by atoms with Gasteiger partial charge in [0.05, 0.1) is 23.5 Å². The summed E-state index contributed by atoms with van der Waals surface area (Å²) in [5.74, 6) is -0.319. The highest BCUT2D eigenvalue weighted by Gasteiger charge is 2.16. The standard InChI is InChI=1S/C18H19N3O2/c1-3-4-11-23-18(22)15-12-21(20-13(15)2)17-9-5-8-16-14(17)7-6-10-19-16/h5-10,12H,3-4,11H2,1-2H3. The lowest BCUT2D eigenvalue weighted by molar-refractivity contribution is 0.0499.